The quantitative estimate of drug-likeness (QED) is 0.687. The summed E-state index contributed by atoms with van der Waals surface area (Å²) in [7, 11) is 0. The minimum Gasteiger partial charge on any atom is -0.149 e. The van der Waals surface area contributed by atoms with Crippen molar-refractivity contribution in [3.8, 4) is 0 Å². The van der Waals surface area contributed by atoms with Gasteiger partial charge in [0.1, 0.15) is 0 Å². The van der Waals surface area contributed by atoms with Gasteiger partial charge >= 0.3 is 0 Å². The Morgan fingerprint density at radius 3 is 2.64 bits per heavy atom. The Bertz CT molecular complexity index is 246. The highest BCUT2D eigenvalue weighted by Crippen LogP contribution is 2.30. The molecule has 0 spiro atoms. The fraction of sp³-hybridized carbons (Fsp3) is 0.667. The summed E-state index contributed by atoms with van der Waals surface area (Å²) in [5.74, 6) is 0. The SMILES string of the molecule is CC(C)(C)C(Br)CCCc1cccs1. The van der Waals surface area contributed by atoms with Crippen LogP contribution in [0.5, 0.6) is 0 Å². The van der Waals surface area contributed by atoms with Crippen LogP contribution in [0, 0.1) is 5.41 Å². The van der Waals surface area contributed by atoms with E-state index in [4.69, 9.17) is 0 Å². The molecule has 0 amide bonds. The molecule has 0 bridgehead atoms. The zero-order valence-corrected chi connectivity index (χ0v) is 11.6. The van der Waals surface area contributed by atoms with Gasteiger partial charge in [-0.2, -0.15) is 0 Å². The van der Waals surface area contributed by atoms with Crippen molar-refractivity contribution >= 4 is 27.3 Å². The third kappa shape index (κ3) is 4.14. The average molecular weight is 275 g/mol. The fourth-order valence-electron chi connectivity index (χ4n) is 1.34. The summed E-state index contributed by atoms with van der Waals surface area (Å²) in [5.41, 5.74) is 0.384. The number of hydrogen-bond acceptors (Lipinski definition) is 1. The molecule has 0 aromatic carbocycles. The normalized spacial score (nSPS) is 14.3. The summed E-state index contributed by atoms with van der Waals surface area (Å²) in [6.07, 6.45) is 3.78. The largest absolute Gasteiger partial charge is 0.149 e. The minimum absolute atomic E-state index is 0.384. The zero-order chi connectivity index (χ0) is 10.6. The molecule has 0 aliphatic heterocycles. The molecule has 1 aromatic rings. The van der Waals surface area contributed by atoms with Gasteiger partial charge in [0.2, 0.25) is 0 Å². The lowest BCUT2D eigenvalue weighted by Crippen LogP contribution is -2.20. The van der Waals surface area contributed by atoms with Crippen LogP contribution in [-0.4, -0.2) is 4.83 Å². The molecule has 0 aliphatic rings. The van der Waals surface area contributed by atoms with Crippen molar-refractivity contribution in [3.63, 3.8) is 0 Å². The Kier molecular flexibility index (Phi) is 4.65. The first-order valence-corrected chi connectivity index (χ1v) is 6.96. The second-order valence-electron chi connectivity index (χ2n) is 4.81. The van der Waals surface area contributed by atoms with E-state index in [1.165, 1.54) is 24.1 Å². The van der Waals surface area contributed by atoms with E-state index in [1.807, 2.05) is 11.3 Å². The lowest BCUT2D eigenvalue weighted by molar-refractivity contribution is 0.380. The van der Waals surface area contributed by atoms with E-state index in [0.29, 0.717) is 10.2 Å². The fourth-order valence-corrected chi connectivity index (χ4v) is 2.42. The van der Waals surface area contributed by atoms with Crippen LogP contribution in [0.15, 0.2) is 17.5 Å². The van der Waals surface area contributed by atoms with Gasteiger partial charge in [0.25, 0.3) is 0 Å². The molecule has 1 heterocycles. The van der Waals surface area contributed by atoms with E-state index in [0.717, 1.165) is 0 Å². The first-order chi connectivity index (χ1) is 6.50. The Hall–Kier alpha value is 0.180. The van der Waals surface area contributed by atoms with Gasteiger partial charge in [-0.15, -0.1) is 11.3 Å². The van der Waals surface area contributed by atoms with Gasteiger partial charge in [-0.1, -0.05) is 42.8 Å². The molecule has 80 valence electrons. The highest BCUT2D eigenvalue weighted by Gasteiger charge is 2.20. The smallest absolute Gasteiger partial charge is 0.0194 e. The number of hydrogen-bond donors (Lipinski definition) is 0. The topological polar surface area (TPSA) is 0 Å². The highest BCUT2D eigenvalue weighted by molar-refractivity contribution is 9.09. The molecule has 1 unspecified atom stereocenters. The third-order valence-corrected chi connectivity index (χ3v) is 5.17. The average Bonchev–Trinajstić information content (AvgIpc) is 2.55. The maximum atomic E-state index is 3.77. The molecule has 1 rings (SSSR count). The molecule has 2 heteroatoms. The molecule has 0 saturated heterocycles. The number of halogens is 1. The number of rotatable bonds is 4. The number of aryl methyl sites for hydroxylation is 1. The van der Waals surface area contributed by atoms with Crippen LogP contribution in [0.1, 0.15) is 38.5 Å². The Morgan fingerprint density at radius 2 is 2.14 bits per heavy atom. The van der Waals surface area contributed by atoms with Gasteiger partial charge in [0.15, 0.2) is 0 Å². The maximum Gasteiger partial charge on any atom is 0.0194 e. The number of alkyl halides is 1. The van der Waals surface area contributed by atoms with Crippen LogP contribution in [0.3, 0.4) is 0 Å². The Balaban J connectivity index is 2.22. The number of thiophene rings is 1. The minimum atomic E-state index is 0.384. The predicted octanol–water partition coefficient (Wildman–Crippen LogP) is 4.88. The summed E-state index contributed by atoms with van der Waals surface area (Å²) in [6.45, 7) is 6.87. The van der Waals surface area contributed by atoms with Crippen molar-refractivity contribution in [2.24, 2.45) is 5.41 Å². The maximum absolute atomic E-state index is 3.77. The summed E-state index contributed by atoms with van der Waals surface area (Å²) >= 11 is 5.63. The highest BCUT2D eigenvalue weighted by atomic mass is 79.9. The van der Waals surface area contributed by atoms with Crippen LogP contribution >= 0.6 is 27.3 Å². The second-order valence-corrected chi connectivity index (χ2v) is 6.94. The van der Waals surface area contributed by atoms with E-state index in [9.17, 15) is 0 Å². The van der Waals surface area contributed by atoms with Crippen molar-refractivity contribution < 1.29 is 0 Å². The molecule has 1 atom stereocenters. The van der Waals surface area contributed by atoms with Gasteiger partial charge in [0.05, 0.1) is 0 Å². The van der Waals surface area contributed by atoms with E-state index in [2.05, 4.69) is 54.2 Å². The second kappa shape index (κ2) is 5.32. The molecule has 0 N–H and O–H groups in total. The monoisotopic (exact) mass is 274 g/mol. The van der Waals surface area contributed by atoms with Crippen LogP contribution in [0.4, 0.5) is 0 Å². The Labute approximate surface area is 99.9 Å². The third-order valence-electron chi connectivity index (χ3n) is 2.40. The summed E-state index contributed by atoms with van der Waals surface area (Å²) < 4.78 is 0. The molecule has 0 radical (unpaired) electrons. The molecule has 0 aliphatic carbocycles. The first-order valence-electron chi connectivity index (χ1n) is 5.16. The molecule has 0 saturated carbocycles. The van der Waals surface area contributed by atoms with Gasteiger partial charge in [0, 0.05) is 9.70 Å². The summed E-state index contributed by atoms with van der Waals surface area (Å²) in [4.78, 5) is 2.15. The summed E-state index contributed by atoms with van der Waals surface area (Å²) in [5, 5.41) is 2.16. The van der Waals surface area contributed by atoms with E-state index >= 15 is 0 Å². The lowest BCUT2D eigenvalue weighted by atomic mass is 9.89. The lowest BCUT2D eigenvalue weighted by Gasteiger charge is -2.25. The van der Waals surface area contributed by atoms with Crippen molar-refractivity contribution in [3.05, 3.63) is 22.4 Å². The molecular formula is C12H19BrS. The molecule has 0 nitrogen and oxygen atoms in total. The zero-order valence-electron chi connectivity index (χ0n) is 9.22. The van der Waals surface area contributed by atoms with Crippen LogP contribution in [0.25, 0.3) is 0 Å². The van der Waals surface area contributed by atoms with Crippen molar-refractivity contribution in [1.82, 2.24) is 0 Å². The van der Waals surface area contributed by atoms with Crippen molar-refractivity contribution in [2.75, 3.05) is 0 Å². The van der Waals surface area contributed by atoms with E-state index < -0.39 is 0 Å². The van der Waals surface area contributed by atoms with Crippen LogP contribution in [0.2, 0.25) is 0 Å². The molecular weight excluding hydrogens is 256 g/mol. The van der Waals surface area contributed by atoms with E-state index in [1.54, 1.807) is 0 Å². The van der Waals surface area contributed by atoms with Gasteiger partial charge in [-0.3, -0.25) is 0 Å². The van der Waals surface area contributed by atoms with Crippen LogP contribution in [-0.2, 0) is 6.42 Å². The molecule has 14 heavy (non-hydrogen) atoms. The molecule has 1 aromatic heterocycles. The van der Waals surface area contributed by atoms with Gasteiger partial charge in [-0.25, -0.2) is 0 Å². The van der Waals surface area contributed by atoms with Gasteiger partial charge < -0.3 is 0 Å². The van der Waals surface area contributed by atoms with Crippen molar-refractivity contribution in [2.45, 2.75) is 44.9 Å². The Morgan fingerprint density at radius 1 is 1.43 bits per heavy atom. The predicted molar refractivity (Wildman–Crippen MR) is 69.4 cm³/mol. The van der Waals surface area contributed by atoms with Gasteiger partial charge in [-0.05, 0) is 36.1 Å². The van der Waals surface area contributed by atoms with E-state index in [-0.39, 0.29) is 0 Å². The van der Waals surface area contributed by atoms with Crippen molar-refractivity contribution in [1.29, 1.82) is 0 Å². The summed E-state index contributed by atoms with van der Waals surface area (Å²) in [6, 6.07) is 4.36. The standard InChI is InChI=1S/C12H19BrS/c1-12(2,3)11(13)8-4-6-10-7-5-9-14-10/h5,7,9,11H,4,6,8H2,1-3H3. The first kappa shape index (κ1) is 12.3. The molecule has 0 fully saturated rings. The van der Waals surface area contributed by atoms with Crippen LogP contribution < -0.4 is 0 Å².